The summed E-state index contributed by atoms with van der Waals surface area (Å²) in [5, 5.41) is 2.93. The van der Waals surface area contributed by atoms with Crippen LogP contribution in [0.15, 0.2) is 6.07 Å². The van der Waals surface area contributed by atoms with Gasteiger partial charge >= 0.3 is 0 Å². The average Bonchev–Trinajstić information content (AvgIpc) is 2.78. The van der Waals surface area contributed by atoms with Crippen molar-refractivity contribution >= 4 is 23.2 Å². The molecular formula is C16H24N2O2S. The number of carbonyl (C=O) groups excluding carboxylic acids is 2. The molecule has 0 aliphatic carbocycles. The third kappa shape index (κ3) is 2.71. The fourth-order valence-corrected chi connectivity index (χ4v) is 3.87. The maximum absolute atomic E-state index is 12.9. The highest BCUT2D eigenvalue weighted by atomic mass is 32.1. The lowest BCUT2D eigenvalue weighted by atomic mass is 9.87. The number of thiophene rings is 1. The van der Waals surface area contributed by atoms with Crippen molar-refractivity contribution in [3.63, 3.8) is 0 Å². The summed E-state index contributed by atoms with van der Waals surface area (Å²) in [5.41, 5.74) is 0.513. The summed E-state index contributed by atoms with van der Waals surface area (Å²) in [7, 11) is 0. The molecule has 0 radical (unpaired) electrons. The molecule has 0 aromatic carbocycles. The zero-order valence-electron chi connectivity index (χ0n) is 13.4. The van der Waals surface area contributed by atoms with Gasteiger partial charge in [0.05, 0.1) is 6.54 Å². The van der Waals surface area contributed by atoms with Gasteiger partial charge in [0, 0.05) is 9.75 Å². The Morgan fingerprint density at radius 1 is 1.29 bits per heavy atom. The minimum atomic E-state index is -0.731. The maximum Gasteiger partial charge on any atom is 0.249 e. The molecule has 0 saturated carbocycles. The minimum Gasteiger partial charge on any atom is -0.340 e. The van der Waals surface area contributed by atoms with Crippen LogP contribution in [0.3, 0.4) is 0 Å². The molecule has 2 amide bonds. The quantitative estimate of drug-likeness (QED) is 0.930. The Kier molecular flexibility index (Phi) is 4.42. The molecule has 1 unspecified atom stereocenters. The number of piperazine rings is 1. The van der Waals surface area contributed by atoms with E-state index in [0.29, 0.717) is 19.4 Å². The van der Waals surface area contributed by atoms with Gasteiger partial charge < -0.3 is 10.2 Å². The number of nitrogens with one attached hydrogen (secondary N) is 1. The standard InChI is InChI=1S/C16H24N2O2S/c1-6-16(7-2)15(20)18(11(4)14(19)17-16)9-13-8-10(3)12(5)21-13/h8,11H,6-7,9H2,1-5H3,(H,17,19). The summed E-state index contributed by atoms with van der Waals surface area (Å²) >= 11 is 1.70. The van der Waals surface area contributed by atoms with E-state index in [4.69, 9.17) is 0 Å². The van der Waals surface area contributed by atoms with E-state index in [2.05, 4.69) is 25.2 Å². The van der Waals surface area contributed by atoms with Gasteiger partial charge in [-0.25, -0.2) is 0 Å². The predicted molar refractivity (Wildman–Crippen MR) is 85.3 cm³/mol. The third-order valence-electron chi connectivity index (χ3n) is 4.63. The first-order chi connectivity index (χ1) is 9.84. The highest BCUT2D eigenvalue weighted by Gasteiger charge is 2.47. The van der Waals surface area contributed by atoms with Crippen molar-refractivity contribution in [2.24, 2.45) is 0 Å². The normalized spacial score (nSPS) is 21.6. The van der Waals surface area contributed by atoms with Crippen LogP contribution in [0.4, 0.5) is 0 Å². The third-order valence-corrected chi connectivity index (χ3v) is 5.77. The van der Waals surface area contributed by atoms with Crippen LogP contribution in [0.1, 0.15) is 48.9 Å². The lowest BCUT2D eigenvalue weighted by molar-refractivity contribution is -0.155. The first-order valence-electron chi connectivity index (χ1n) is 7.53. The van der Waals surface area contributed by atoms with Crippen LogP contribution in [0.2, 0.25) is 0 Å². The number of hydrogen-bond donors (Lipinski definition) is 1. The van der Waals surface area contributed by atoms with E-state index in [1.165, 1.54) is 10.4 Å². The summed E-state index contributed by atoms with van der Waals surface area (Å²) in [4.78, 5) is 29.3. The molecule has 4 nitrogen and oxygen atoms in total. The highest BCUT2D eigenvalue weighted by Crippen LogP contribution is 2.29. The molecule has 1 fully saturated rings. The molecule has 5 heteroatoms. The number of carbonyl (C=O) groups is 2. The molecule has 1 aromatic heterocycles. The highest BCUT2D eigenvalue weighted by molar-refractivity contribution is 7.12. The molecule has 0 bridgehead atoms. The Labute approximate surface area is 130 Å². The monoisotopic (exact) mass is 308 g/mol. The molecule has 1 saturated heterocycles. The molecule has 0 spiro atoms. The topological polar surface area (TPSA) is 49.4 Å². The van der Waals surface area contributed by atoms with Gasteiger partial charge in [-0.05, 0) is 45.2 Å². The van der Waals surface area contributed by atoms with E-state index in [9.17, 15) is 9.59 Å². The first kappa shape index (κ1) is 16.0. The van der Waals surface area contributed by atoms with Gasteiger partial charge in [-0.15, -0.1) is 11.3 Å². The van der Waals surface area contributed by atoms with E-state index in [1.54, 1.807) is 23.2 Å². The summed E-state index contributed by atoms with van der Waals surface area (Å²) in [6.07, 6.45) is 1.25. The van der Waals surface area contributed by atoms with Gasteiger partial charge in [0.15, 0.2) is 0 Å². The zero-order valence-corrected chi connectivity index (χ0v) is 14.3. The van der Waals surface area contributed by atoms with Gasteiger partial charge in [0.1, 0.15) is 11.6 Å². The van der Waals surface area contributed by atoms with Crippen LogP contribution < -0.4 is 5.32 Å². The Morgan fingerprint density at radius 2 is 1.90 bits per heavy atom. The van der Waals surface area contributed by atoms with E-state index >= 15 is 0 Å². The maximum atomic E-state index is 12.9. The molecule has 116 valence electrons. The number of rotatable bonds is 4. The van der Waals surface area contributed by atoms with E-state index < -0.39 is 11.6 Å². The molecule has 2 rings (SSSR count). The van der Waals surface area contributed by atoms with Crippen LogP contribution in [0.5, 0.6) is 0 Å². The summed E-state index contributed by atoms with van der Waals surface area (Å²) in [6.45, 7) is 10.4. The van der Waals surface area contributed by atoms with Crippen LogP contribution in [-0.2, 0) is 16.1 Å². The van der Waals surface area contributed by atoms with Crippen LogP contribution in [0, 0.1) is 13.8 Å². The van der Waals surface area contributed by atoms with Gasteiger partial charge in [-0.3, -0.25) is 9.59 Å². The Bertz CT molecular complexity index is 541. The fourth-order valence-electron chi connectivity index (χ4n) is 2.82. The second-order valence-electron chi connectivity index (χ2n) is 5.84. The van der Waals surface area contributed by atoms with Crippen molar-refractivity contribution in [1.29, 1.82) is 0 Å². The lowest BCUT2D eigenvalue weighted by Gasteiger charge is -2.44. The van der Waals surface area contributed by atoms with Crippen molar-refractivity contribution < 1.29 is 9.59 Å². The van der Waals surface area contributed by atoms with Crippen LogP contribution in [0.25, 0.3) is 0 Å². The summed E-state index contributed by atoms with van der Waals surface area (Å²) in [6, 6.07) is 1.71. The molecule has 1 N–H and O–H groups in total. The van der Waals surface area contributed by atoms with Gasteiger partial charge in [0.2, 0.25) is 11.8 Å². The smallest absolute Gasteiger partial charge is 0.249 e. The van der Waals surface area contributed by atoms with Gasteiger partial charge in [0.25, 0.3) is 0 Å². The van der Waals surface area contributed by atoms with Crippen molar-refractivity contribution in [3.8, 4) is 0 Å². The molecule has 1 aliphatic rings. The van der Waals surface area contributed by atoms with E-state index in [-0.39, 0.29) is 11.8 Å². The fraction of sp³-hybridized carbons (Fsp3) is 0.625. The number of aryl methyl sites for hydroxylation is 2. The molecular weight excluding hydrogens is 284 g/mol. The Morgan fingerprint density at radius 3 is 2.38 bits per heavy atom. The zero-order chi connectivity index (χ0) is 15.8. The van der Waals surface area contributed by atoms with Gasteiger partial charge in [-0.2, -0.15) is 0 Å². The second-order valence-corrected chi connectivity index (χ2v) is 7.18. The van der Waals surface area contributed by atoms with Crippen molar-refractivity contribution in [3.05, 3.63) is 21.4 Å². The number of hydrogen-bond acceptors (Lipinski definition) is 3. The van der Waals surface area contributed by atoms with Crippen molar-refractivity contribution in [2.75, 3.05) is 0 Å². The molecule has 21 heavy (non-hydrogen) atoms. The number of nitrogens with zero attached hydrogens (tertiary/aromatic N) is 1. The average molecular weight is 308 g/mol. The van der Waals surface area contributed by atoms with E-state index in [1.807, 2.05) is 13.8 Å². The molecule has 1 atom stereocenters. The van der Waals surface area contributed by atoms with Crippen LogP contribution >= 0.6 is 11.3 Å². The van der Waals surface area contributed by atoms with Gasteiger partial charge in [-0.1, -0.05) is 13.8 Å². The lowest BCUT2D eigenvalue weighted by Crippen LogP contribution is -2.69. The SMILES string of the molecule is CCC1(CC)NC(=O)C(C)N(Cc2cc(C)c(C)s2)C1=O. The van der Waals surface area contributed by atoms with Crippen LogP contribution in [-0.4, -0.2) is 28.3 Å². The predicted octanol–water partition coefficient (Wildman–Crippen LogP) is 2.77. The minimum absolute atomic E-state index is 0.0447. The Hall–Kier alpha value is -1.36. The van der Waals surface area contributed by atoms with Crippen molar-refractivity contribution in [1.82, 2.24) is 10.2 Å². The summed E-state index contributed by atoms with van der Waals surface area (Å²) in [5.74, 6) is -0.00777. The molecule has 1 aliphatic heterocycles. The largest absolute Gasteiger partial charge is 0.340 e. The summed E-state index contributed by atoms with van der Waals surface area (Å²) < 4.78 is 0. The Balaban J connectivity index is 2.30. The number of amides is 2. The second kappa shape index (κ2) is 5.79. The van der Waals surface area contributed by atoms with E-state index in [0.717, 1.165) is 4.88 Å². The molecule has 1 aromatic rings. The first-order valence-corrected chi connectivity index (χ1v) is 8.35. The molecule has 2 heterocycles. The van der Waals surface area contributed by atoms with Crippen molar-refractivity contribution in [2.45, 2.75) is 65.6 Å².